The summed E-state index contributed by atoms with van der Waals surface area (Å²) >= 11 is 1.67. The Labute approximate surface area is 148 Å². The van der Waals surface area contributed by atoms with Gasteiger partial charge in [-0.3, -0.25) is 9.59 Å². The van der Waals surface area contributed by atoms with Gasteiger partial charge in [-0.05, 0) is 36.8 Å². The number of benzene rings is 1. The van der Waals surface area contributed by atoms with Crippen molar-refractivity contribution in [3.05, 3.63) is 29.8 Å². The van der Waals surface area contributed by atoms with Crippen molar-refractivity contribution >= 4 is 23.6 Å². The van der Waals surface area contributed by atoms with Crippen molar-refractivity contribution in [3.8, 4) is 0 Å². The molecule has 1 unspecified atom stereocenters. The average Bonchev–Trinajstić information content (AvgIpc) is 2.90. The maximum Gasteiger partial charge on any atom is 0.307 e. The minimum atomic E-state index is -0.330. The lowest BCUT2D eigenvalue weighted by Gasteiger charge is -2.22. The molecule has 1 fully saturated rings. The average molecular weight is 349 g/mol. The Bertz CT molecular complexity index is 536. The molecule has 1 aromatic carbocycles. The molecule has 1 N–H and O–H groups in total. The number of hydrogen-bond acceptors (Lipinski definition) is 4. The van der Waals surface area contributed by atoms with Gasteiger partial charge in [-0.2, -0.15) is 0 Å². The van der Waals surface area contributed by atoms with Gasteiger partial charge in [0.2, 0.25) is 5.91 Å². The smallest absolute Gasteiger partial charge is 0.307 e. The summed E-state index contributed by atoms with van der Waals surface area (Å²) in [5.74, 6) is -0.173. The van der Waals surface area contributed by atoms with Crippen molar-refractivity contribution in [2.75, 3.05) is 13.4 Å². The lowest BCUT2D eigenvalue weighted by molar-refractivity contribution is -0.141. The number of thioether (sulfide) groups is 1. The molecule has 4 nitrogen and oxygen atoms in total. The largest absolute Gasteiger partial charge is 0.469 e. The molecule has 1 amide bonds. The summed E-state index contributed by atoms with van der Waals surface area (Å²) in [6.07, 6.45) is 8.73. The van der Waals surface area contributed by atoms with Gasteiger partial charge >= 0.3 is 5.97 Å². The third kappa shape index (κ3) is 5.55. The highest BCUT2D eigenvalue weighted by molar-refractivity contribution is 7.98. The molecule has 0 aliphatic heterocycles. The second-order valence-electron chi connectivity index (χ2n) is 6.30. The number of ether oxygens (including phenoxy) is 1. The van der Waals surface area contributed by atoms with Crippen LogP contribution >= 0.6 is 11.8 Å². The molecule has 1 aliphatic rings. The number of carbonyl (C=O) groups excluding carboxylic acids is 2. The van der Waals surface area contributed by atoms with Crippen LogP contribution in [-0.4, -0.2) is 25.2 Å². The molecular formula is C19H27NO3S. The zero-order chi connectivity index (χ0) is 17.4. The van der Waals surface area contributed by atoms with E-state index in [1.54, 1.807) is 11.8 Å². The Morgan fingerprint density at radius 1 is 1.17 bits per heavy atom. The van der Waals surface area contributed by atoms with E-state index in [1.165, 1.54) is 20.0 Å². The third-order valence-electron chi connectivity index (χ3n) is 4.66. The fraction of sp³-hybridized carbons (Fsp3) is 0.579. The molecule has 0 radical (unpaired) electrons. The van der Waals surface area contributed by atoms with Crippen LogP contribution in [0.2, 0.25) is 0 Å². The number of rotatable bonds is 6. The molecule has 1 saturated carbocycles. The highest BCUT2D eigenvalue weighted by Crippen LogP contribution is 2.26. The number of carbonyl (C=O) groups is 2. The van der Waals surface area contributed by atoms with Crippen LogP contribution < -0.4 is 5.32 Å². The van der Waals surface area contributed by atoms with Crippen LogP contribution in [0.5, 0.6) is 0 Å². The van der Waals surface area contributed by atoms with E-state index in [2.05, 4.69) is 5.32 Å². The number of nitrogens with one attached hydrogen (secondary N) is 1. The molecule has 132 valence electrons. The van der Waals surface area contributed by atoms with Gasteiger partial charge < -0.3 is 10.1 Å². The molecule has 0 bridgehead atoms. The van der Waals surface area contributed by atoms with Gasteiger partial charge in [-0.25, -0.2) is 0 Å². The number of esters is 1. The lowest BCUT2D eigenvalue weighted by atomic mass is 9.97. The van der Waals surface area contributed by atoms with E-state index in [-0.39, 0.29) is 30.3 Å². The van der Waals surface area contributed by atoms with Crippen molar-refractivity contribution in [1.82, 2.24) is 5.32 Å². The Hall–Kier alpha value is -1.49. The monoisotopic (exact) mass is 349 g/mol. The van der Waals surface area contributed by atoms with E-state index in [0.29, 0.717) is 0 Å². The topological polar surface area (TPSA) is 55.4 Å². The molecule has 1 atom stereocenters. The van der Waals surface area contributed by atoms with Crippen molar-refractivity contribution in [2.45, 2.75) is 55.9 Å². The van der Waals surface area contributed by atoms with Gasteiger partial charge in [0.05, 0.1) is 19.6 Å². The van der Waals surface area contributed by atoms with Gasteiger partial charge in [-0.1, -0.05) is 37.8 Å². The minimum absolute atomic E-state index is 0.0677. The standard InChI is InChI=1S/C19H27NO3S/c1-23-18(21)13-17(14-9-11-16(24-2)12-10-14)20-19(22)15-7-5-3-4-6-8-15/h9-12,15,17H,3-8,13H2,1-2H3,(H,20,22). The first-order valence-electron chi connectivity index (χ1n) is 8.65. The number of methoxy groups -OCH3 is 1. The molecule has 0 spiro atoms. The van der Waals surface area contributed by atoms with Gasteiger partial charge in [0.25, 0.3) is 0 Å². The summed E-state index contributed by atoms with van der Waals surface area (Å²) in [4.78, 5) is 25.6. The van der Waals surface area contributed by atoms with Crippen LogP contribution in [-0.2, 0) is 14.3 Å². The quantitative estimate of drug-likeness (QED) is 0.477. The fourth-order valence-corrected chi connectivity index (χ4v) is 3.58. The van der Waals surface area contributed by atoms with Gasteiger partial charge in [0.1, 0.15) is 0 Å². The predicted octanol–water partition coefficient (Wildman–Crippen LogP) is 4.10. The molecule has 0 heterocycles. The molecule has 0 saturated heterocycles. The van der Waals surface area contributed by atoms with Crippen molar-refractivity contribution in [2.24, 2.45) is 5.92 Å². The molecule has 2 rings (SSSR count). The highest BCUT2D eigenvalue weighted by Gasteiger charge is 2.25. The minimum Gasteiger partial charge on any atom is -0.469 e. The number of amides is 1. The summed E-state index contributed by atoms with van der Waals surface area (Å²) in [5.41, 5.74) is 0.945. The Morgan fingerprint density at radius 2 is 1.79 bits per heavy atom. The van der Waals surface area contributed by atoms with Crippen molar-refractivity contribution < 1.29 is 14.3 Å². The molecule has 1 aliphatic carbocycles. The zero-order valence-electron chi connectivity index (χ0n) is 14.5. The van der Waals surface area contributed by atoms with E-state index in [9.17, 15) is 9.59 Å². The van der Waals surface area contributed by atoms with Gasteiger partial charge in [0, 0.05) is 10.8 Å². The SMILES string of the molecule is COC(=O)CC(NC(=O)C1CCCCCC1)c1ccc(SC)cc1. The van der Waals surface area contributed by atoms with E-state index < -0.39 is 0 Å². The Balaban J connectivity index is 2.09. The maximum absolute atomic E-state index is 12.7. The molecule has 0 aromatic heterocycles. The van der Waals surface area contributed by atoms with Crippen LogP contribution in [0.1, 0.15) is 56.6 Å². The van der Waals surface area contributed by atoms with Crippen molar-refractivity contribution in [3.63, 3.8) is 0 Å². The van der Waals surface area contributed by atoms with E-state index in [4.69, 9.17) is 4.74 Å². The molecule has 24 heavy (non-hydrogen) atoms. The maximum atomic E-state index is 12.7. The summed E-state index contributed by atoms with van der Waals surface area (Å²) < 4.78 is 4.80. The van der Waals surface area contributed by atoms with Gasteiger partial charge in [-0.15, -0.1) is 11.8 Å². The van der Waals surface area contributed by atoms with Crippen LogP contribution in [0.3, 0.4) is 0 Å². The Morgan fingerprint density at radius 3 is 2.33 bits per heavy atom. The van der Waals surface area contributed by atoms with E-state index in [1.807, 2.05) is 30.5 Å². The van der Waals surface area contributed by atoms with E-state index in [0.717, 1.165) is 36.1 Å². The predicted molar refractivity (Wildman–Crippen MR) is 96.9 cm³/mol. The second kappa shape index (κ2) is 9.72. The summed E-state index contributed by atoms with van der Waals surface area (Å²) in [7, 11) is 1.38. The summed E-state index contributed by atoms with van der Waals surface area (Å²) in [5, 5.41) is 3.09. The first-order chi connectivity index (χ1) is 11.6. The summed E-state index contributed by atoms with van der Waals surface area (Å²) in [6, 6.07) is 7.66. The lowest BCUT2D eigenvalue weighted by Crippen LogP contribution is -2.35. The van der Waals surface area contributed by atoms with E-state index >= 15 is 0 Å². The second-order valence-corrected chi connectivity index (χ2v) is 7.18. The normalized spacial score (nSPS) is 16.9. The van der Waals surface area contributed by atoms with Crippen LogP contribution in [0.15, 0.2) is 29.2 Å². The molecule has 5 heteroatoms. The molecular weight excluding hydrogens is 322 g/mol. The fourth-order valence-electron chi connectivity index (χ4n) is 3.17. The first-order valence-corrected chi connectivity index (χ1v) is 9.87. The Kier molecular flexibility index (Phi) is 7.63. The van der Waals surface area contributed by atoms with Crippen LogP contribution in [0.25, 0.3) is 0 Å². The van der Waals surface area contributed by atoms with Crippen LogP contribution in [0, 0.1) is 5.92 Å². The highest BCUT2D eigenvalue weighted by atomic mass is 32.2. The number of hydrogen-bond donors (Lipinski definition) is 1. The summed E-state index contributed by atoms with van der Waals surface area (Å²) in [6.45, 7) is 0. The third-order valence-corrected chi connectivity index (χ3v) is 5.40. The van der Waals surface area contributed by atoms with Gasteiger partial charge in [0.15, 0.2) is 0 Å². The zero-order valence-corrected chi connectivity index (χ0v) is 15.4. The van der Waals surface area contributed by atoms with Crippen LogP contribution in [0.4, 0.5) is 0 Å². The first kappa shape index (κ1) is 18.8. The van der Waals surface area contributed by atoms with Crippen molar-refractivity contribution in [1.29, 1.82) is 0 Å². The molecule has 1 aromatic rings.